The third-order valence-electron chi connectivity index (χ3n) is 3.45. The molecule has 3 N–H and O–H groups in total. The van der Waals surface area contributed by atoms with E-state index in [0.29, 0.717) is 12.5 Å². The van der Waals surface area contributed by atoms with Gasteiger partial charge in [0, 0.05) is 19.1 Å². The zero-order valence-electron chi connectivity index (χ0n) is 12.0. The van der Waals surface area contributed by atoms with Crippen LogP contribution in [0.25, 0.3) is 0 Å². The molecule has 1 fully saturated rings. The van der Waals surface area contributed by atoms with Crippen molar-refractivity contribution in [1.29, 1.82) is 0 Å². The van der Waals surface area contributed by atoms with Crippen molar-refractivity contribution >= 4 is 12.0 Å². The van der Waals surface area contributed by atoms with Gasteiger partial charge >= 0.3 is 12.0 Å². The lowest BCUT2D eigenvalue weighted by molar-refractivity contribution is -0.141. The second kappa shape index (κ2) is 6.23. The van der Waals surface area contributed by atoms with Gasteiger partial charge in [0.05, 0.1) is 6.10 Å². The first-order valence-electron chi connectivity index (χ1n) is 6.60. The number of rotatable bonds is 4. The van der Waals surface area contributed by atoms with Crippen LogP contribution < -0.4 is 10.6 Å². The maximum Gasteiger partial charge on any atom is 0.326 e. The number of hydrogen-bond donors (Lipinski definition) is 3. The number of amides is 2. The average Bonchev–Trinajstić information content (AvgIpc) is 2.67. The fourth-order valence-corrected chi connectivity index (χ4v) is 2.10. The maximum atomic E-state index is 11.7. The van der Waals surface area contributed by atoms with Gasteiger partial charge in [-0.25, -0.2) is 9.59 Å². The third kappa shape index (κ3) is 4.70. The van der Waals surface area contributed by atoms with Crippen molar-refractivity contribution in [3.05, 3.63) is 0 Å². The molecule has 19 heavy (non-hydrogen) atoms. The summed E-state index contributed by atoms with van der Waals surface area (Å²) < 4.78 is 5.41. The molecule has 1 aliphatic heterocycles. The molecule has 110 valence electrons. The summed E-state index contributed by atoms with van der Waals surface area (Å²) in [6, 6.07) is -1.36. The Balaban J connectivity index is 2.43. The molecule has 6 heteroatoms. The van der Waals surface area contributed by atoms with Crippen molar-refractivity contribution in [3.8, 4) is 0 Å². The maximum absolute atomic E-state index is 11.7. The van der Waals surface area contributed by atoms with E-state index in [4.69, 9.17) is 9.84 Å². The molecule has 0 aliphatic carbocycles. The predicted molar refractivity (Wildman–Crippen MR) is 70.9 cm³/mol. The van der Waals surface area contributed by atoms with Gasteiger partial charge in [-0.05, 0) is 18.8 Å². The zero-order valence-corrected chi connectivity index (χ0v) is 12.0. The summed E-state index contributed by atoms with van der Waals surface area (Å²) in [6.07, 6.45) is 1.06. The van der Waals surface area contributed by atoms with Crippen LogP contribution in [0, 0.1) is 11.3 Å². The quantitative estimate of drug-likeness (QED) is 0.718. The highest BCUT2D eigenvalue weighted by Gasteiger charge is 2.33. The molecule has 6 nitrogen and oxygen atoms in total. The minimum Gasteiger partial charge on any atom is -0.480 e. The number of carbonyl (C=O) groups is 2. The van der Waals surface area contributed by atoms with Gasteiger partial charge in [-0.1, -0.05) is 20.8 Å². The van der Waals surface area contributed by atoms with Gasteiger partial charge in [0.2, 0.25) is 0 Å². The molecule has 1 aliphatic rings. The zero-order chi connectivity index (χ0) is 14.6. The summed E-state index contributed by atoms with van der Waals surface area (Å²) in [4.78, 5) is 22.9. The number of aliphatic carboxylic acids is 1. The highest BCUT2D eigenvalue weighted by Crippen LogP contribution is 2.20. The topological polar surface area (TPSA) is 87.7 Å². The van der Waals surface area contributed by atoms with Crippen LogP contribution in [0.15, 0.2) is 0 Å². The lowest BCUT2D eigenvalue weighted by Gasteiger charge is -2.28. The number of urea groups is 1. The fraction of sp³-hybridized carbons (Fsp3) is 0.846. The van der Waals surface area contributed by atoms with Crippen molar-refractivity contribution in [2.45, 2.75) is 46.3 Å². The molecule has 0 spiro atoms. The molecule has 3 atom stereocenters. The van der Waals surface area contributed by atoms with E-state index in [9.17, 15) is 9.59 Å². The molecule has 0 bridgehead atoms. The lowest BCUT2D eigenvalue weighted by Crippen LogP contribution is -2.53. The number of hydrogen-bond acceptors (Lipinski definition) is 3. The van der Waals surface area contributed by atoms with Gasteiger partial charge in [-0.3, -0.25) is 0 Å². The Bertz CT molecular complexity index is 338. The smallest absolute Gasteiger partial charge is 0.326 e. The minimum absolute atomic E-state index is 0.137. The summed E-state index contributed by atoms with van der Waals surface area (Å²) in [5.41, 5.74) is -0.535. The first kappa shape index (κ1) is 15.8. The van der Waals surface area contributed by atoms with Crippen molar-refractivity contribution in [3.63, 3.8) is 0 Å². The Hall–Kier alpha value is -1.30. The molecule has 0 aromatic carbocycles. The Morgan fingerprint density at radius 3 is 2.47 bits per heavy atom. The Labute approximate surface area is 113 Å². The van der Waals surface area contributed by atoms with Gasteiger partial charge in [0.25, 0.3) is 0 Å². The number of carboxylic acid groups (broad SMARTS) is 1. The molecule has 0 aromatic heterocycles. The first-order chi connectivity index (χ1) is 8.71. The third-order valence-corrected chi connectivity index (χ3v) is 3.45. The number of carbonyl (C=O) groups excluding carboxylic acids is 1. The van der Waals surface area contributed by atoms with Crippen LogP contribution in [0.2, 0.25) is 0 Å². The van der Waals surface area contributed by atoms with Crippen molar-refractivity contribution in [1.82, 2.24) is 10.6 Å². The molecular weight excluding hydrogens is 248 g/mol. The summed E-state index contributed by atoms with van der Waals surface area (Å²) >= 11 is 0. The minimum atomic E-state index is -1.03. The van der Waals surface area contributed by atoms with Crippen LogP contribution in [0.3, 0.4) is 0 Å². The van der Waals surface area contributed by atoms with E-state index >= 15 is 0 Å². The fourth-order valence-electron chi connectivity index (χ4n) is 2.10. The number of ether oxygens (including phenoxy) is 1. The molecule has 0 aromatic rings. The Kier molecular flexibility index (Phi) is 5.17. The van der Waals surface area contributed by atoms with E-state index in [1.807, 2.05) is 6.92 Å². The highest BCUT2D eigenvalue weighted by molar-refractivity contribution is 5.83. The summed E-state index contributed by atoms with van der Waals surface area (Å²) in [5.74, 6) is -0.733. The molecule has 2 unspecified atom stereocenters. The van der Waals surface area contributed by atoms with Crippen molar-refractivity contribution < 1.29 is 19.4 Å². The monoisotopic (exact) mass is 272 g/mol. The van der Waals surface area contributed by atoms with Gasteiger partial charge in [0.15, 0.2) is 0 Å². The Morgan fingerprint density at radius 2 is 2.05 bits per heavy atom. The van der Waals surface area contributed by atoms with Crippen molar-refractivity contribution in [2.24, 2.45) is 11.3 Å². The predicted octanol–water partition coefficient (Wildman–Crippen LogP) is 1.21. The standard InChI is InChI=1S/C13H24N2O4/c1-8-9(5-6-19-8)7-14-12(18)15-10(11(16)17)13(2,3)4/h8-10H,5-7H2,1-4H3,(H,16,17)(H2,14,15,18)/t8?,9?,10-/m1/s1. The van der Waals surface area contributed by atoms with Crippen LogP contribution >= 0.6 is 0 Å². The van der Waals surface area contributed by atoms with Gasteiger partial charge < -0.3 is 20.5 Å². The lowest BCUT2D eigenvalue weighted by atomic mass is 9.87. The van der Waals surface area contributed by atoms with E-state index < -0.39 is 23.5 Å². The van der Waals surface area contributed by atoms with Gasteiger partial charge in [-0.2, -0.15) is 0 Å². The number of carboxylic acids is 1. The average molecular weight is 272 g/mol. The van der Waals surface area contributed by atoms with Crippen LogP contribution in [0.1, 0.15) is 34.1 Å². The molecule has 1 saturated heterocycles. The summed E-state index contributed by atoms with van der Waals surface area (Å²) in [6.45, 7) is 8.53. The molecule has 0 radical (unpaired) electrons. The second-order valence-corrected chi connectivity index (χ2v) is 6.12. The van der Waals surface area contributed by atoms with E-state index in [1.54, 1.807) is 20.8 Å². The van der Waals surface area contributed by atoms with Crippen molar-refractivity contribution in [2.75, 3.05) is 13.2 Å². The van der Waals surface area contributed by atoms with Crippen LogP contribution in [0.5, 0.6) is 0 Å². The van der Waals surface area contributed by atoms with Crippen LogP contribution in [-0.4, -0.2) is 42.4 Å². The molecule has 1 rings (SSSR count). The normalized spacial score (nSPS) is 24.8. The van der Waals surface area contributed by atoms with Gasteiger partial charge in [-0.15, -0.1) is 0 Å². The van der Waals surface area contributed by atoms with Gasteiger partial charge in [0.1, 0.15) is 6.04 Å². The van der Waals surface area contributed by atoms with Crippen LogP contribution in [-0.2, 0) is 9.53 Å². The summed E-state index contributed by atoms with van der Waals surface area (Å²) in [5, 5.41) is 14.3. The van der Waals surface area contributed by atoms with E-state index in [0.717, 1.165) is 13.0 Å². The highest BCUT2D eigenvalue weighted by atomic mass is 16.5. The molecule has 0 saturated carbocycles. The van der Waals surface area contributed by atoms with E-state index in [1.165, 1.54) is 0 Å². The number of nitrogens with one attached hydrogen (secondary N) is 2. The molecule has 1 heterocycles. The Morgan fingerprint density at radius 1 is 1.42 bits per heavy atom. The van der Waals surface area contributed by atoms with E-state index in [-0.39, 0.29) is 6.10 Å². The van der Waals surface area contributed by atoms with Crippen LogP contribution in [0.4, 0.5) is 4.79 Å². The largest absolute Gasteiger partial charge is 0.480 e. The SMILES string of the molecule is CC1OCCC1CNC(=O)N[C@H](C(=O)O)C(C)(C)C. The summed E-state index contributed by atoms with van der Waals surface area (Å²) in [7, 11) is 0. The first-order valence-corrected chi connectivity index (χ1v) is 6.60. The molecule has 2 amide bonds. The van der Waals surface area contributed by atoms with E-state index in [2.05, 4.69) is 10.6 Å². The second-order valence-electron chi connectivity index (χ2n) is 6.12. The molecular formula is C13H24N2O4.